The van der Waals surface area contributed by atoms with E-state index in [-0.39, 0.29) is 18.6 Å². The van der Waals surface area contributed by atoms with Gasteiger partial charge < -0.3 is 15.4 Å². The van der Waals surface area contributed by atoms with Crippen LogP contribution in [-0.2, 0) is 9.53 Å². The Balaban J connectivity index is 4.17. The highest BCUT2D eigenvalue weighted by Gasteiger charge is 2.22. The summed E-state index contributed by atoms with van der Waals surface area (Å²) in [5.74, 6) is 0.527. The topological polar surface area (TPSA) is 55.6 Å². The van der Waals surface area contributed by atoms with E-state index >= 15 is 0 Å². The Kier molecular flexibility index (Phi) is 6.52. The van der Waals surface area contributed by atoms with E-state index in [4.69, 9.17) is 10.5 Å². The molecule has 0 rings (SSSR count). The summed E-state index contributed by atoms with van der Waals surface area (Å²) in [5.41, 5.74) is 5.68. The summed E-state index contributed by atoms with van der Waals surface area (Å²) in [7, 11) is 3.34. The number of amides is 1. The van der Waals surface area contributed by atoms with Crippen LogP contribution in [0.25, 0.3) is 0 Å². The van der Waals surface area contributed by atoms with E-state index in [0.717, 1.165) is 6.42 Å². The van der Waals surface area contributed by atoms with E-state index in [1.807, 2.05) is 6.92 Å². The Hall–Kier alpha value is -0.610. The SMILES string of the molecule is COCC(N)C(=O)N(C)C(C)CC(C)C. The van der Waals surface area contributed by atoms with Gasteiger partial charge in [-0.05, 0) is 19.3 Å². The largest absolute Gasteiger partial charge is 0.383 e. The summed E-state index contributed by atoms with van der Waals surface area (Å²) >= 11 is 0. The van der Waals surface area contributed by atoms with Crippen molar-refractivity contribution in [2.75, 3.05) is 20.8 Å². The van der Waals surface area contributed by atoms with Crippen molar-refractivity contribution in [2.24, 2.45) is 11.7 Å². The van der Waals surface area contributed by atoms with Gasteiger partial charge in [-0.3, -0.25) is 4.79 Å². The third-order valence-corrected chi connectivity index (χ3v) is 2.48. The molecule has 0 fully saturated rings. The van der Waals surface area contributed by atoms with Gasteiger partial charge in [0.2, 0.25) is 5.91 Å². The highest BCUT2D eigenvalue weighted by Crippen LogP contribution is 2.10. The summed E-state index contributed by atoms with van der Waals surface area (Å²) in [6.07, 6.45) is 0.988. The molecule has 2 atom stereocenters. The van der Waals surface area contributed by atoms with Crippen LogP contribution in [0, 0.1) is 5.92 Å². The molecule has 0 aliphatic carbocycles. The highest BCUT2D eigenvalue weighted by atomic mass is 16.5. The van der Waals surface area contributed by atoms with Crippen LogP contribution in [0.5, 0.6) is 0 Å². The zero-order valence-corrected chi connectivity index (χ0v) is 10.5. The van der Waals surface area contributed by atoms with E-state index in [1.165, 1.54) is 0 Å². The van der Waals surface area contributed by atoms with Crippen molar-refractivity contribution in [2.45, 2.75) is 39.3 Å². The first-order valence-electron chi connectivity index (χ1n) is 5.41. The van der Waals surface area contributed by atoms with Gasteiger partial charge in [-0.25, -0.2) is 0 Å². The van der Waals surface area contributed by atoms with Gasteiger partial charge >= 0.3 is 0 Å². The molecule has 0 aromatic carbocycles. The second-order valence-corrected chi connectivity index (χ2v) is 4.49. The maximum atomic E-state index is 11.8. The second kappa shape index (κ2) is 6.80. The quantitative estimate of drug-likeness (QED) is 0.716. The predicted molar refractivity (Wildman–Crippen MR) is 61.5 cm³/mol. The first kappa shape index (κ1) is 14.4. The van der Waals surface area contributed by atoms with Crippen LogP contribution >= 0.6 is 0 Å². The number of hydrogen-bond acceptors (Lipinski definition) is 3. The molecular weight excluding hydrogens is 192 g/mol. The minimum Gasteiger partial charge on any atom is -0.383 e. The zero-order valence-electron chi connectivity index (χ0n) is 10.5. The number of rotatable bonds is 6. The van der Waals surface area contributed by atoms with Crippen molar-refractivity contribution in [3.8, 4) is 0 Å². The predicted octanol–water partition coefficient (Wildman–Crippen LogP) is 0.853. The maximum absolute atomic E-state index is 11.8. The number of carbonyl (C=O) groups is 1. The van der Waals surface area contributed by atoms with Gasteiger partial charge in [-0.2, -0.15) is 0 Å². The molecule has 0 aromatic rings. The van der Waals surface area contributed by atoms with Gasteiger partial charge in [0, 0.05) is 20.2 Å². The summed E-state index contributed by atoms with van der Waals surface area (Å²) in [4.78, 5) is 13.5. The van der Waals surface area contributed by atoms with Crippen molar-refractivity contribution in [1.82, 2.24) is 4.90 Å². The number of hydrogen-bond donors (Lipinski definition) is 1. The molecule has 0 spiro atoms. The third-order valence-electron chi connectivity index (χ3n) is 2.48. The molecule has 0 aliphatic rings. The number of carbonyl (C=O) groups excluding carboxylic acids is 1. The lowest BCUT2D eigenvalue weighted by molar-refractivity contribution is -0.134. The van der Waals surface area contributed by atoms with Crippen LogP contribution in [0.2, 0.25) is 0 Å². The average Bonchev–Trinajstić information content (AvgIpc) is 2.14. The van der Waals surface area contributed by atoms with Crippen molar-refractivity contribution in [3.63, 3.8) is 0 Å². The molecule has 0 radical (unpaired) electrons. The van der Waals surface area contributed by atoms with Gasteiger partial charge in [-0.15, -0.1) is 0 Å². The van der Waals surface area contributed by atoms with E-state index in [2.05, 4.69) is 13.8 Å². The molecule has 15 heavy (non-hydrogen) atoms. The van der Waals surface area contributed by atoms with E-state index in [0.29, 0.717) is 5.92 Å². The van der Waals surface area contributed by atoms with Crippen molar-refractivity contribution >= 4 is 5.91 Å². The molecular formula is C11H24N2O2. The average molecular weight is 216 g/mol. The minimum atomic E-state index is -0.547. The zero-order chi connectivity index (χ0) is 12.0. The Morgan fingerprint density at radius 1 is 1.40 bits per heavy atom. The maximum Gasteiger partial charge on any atom is 0.241 e. The standard InChI is InChI=1S/C11H24N2O2/c1-8(2)6-9(3)13(4)11(14)10(12)7-15-5/h8-10H,6-7,12H2,1-5H3. The van der Waals surface area contributed by atoms with Crippen LogP contribution in [-0.4, -0.2) is 43.7 Å². The fourth-order valence-electron chi connectivity index (χ4n) is 1.57. The molecule has 1 amide bonds. The normalized spacial score (nSPS) is 15.1. The molecule has 90 valence electrons. The Morgan fingerprint density at radius 2 is 1.93 bits per heavy atom. The van der Waals surface area contributed by atoms with Gasteiger partial charge in [0.25, 0.3) is 0 Å². The summed E-state index contributed by atoms with van der Waals surface area (Å²) < 4.78 is 4.86. The summed E-state index contributed by atoms with van der Waals surface area (Å²) in [6, 6.07) is -0.324. The fraction of sp³-hybridized carbons (Fsp3) is 0.909. The molecule has 2 N–H and O–H groups in total. The van der Waals surface area contributed by atoms with E-state index in [9.17, 15) is 4.79 Å². The van der Waals surface area contributed by atoms with Gasteiger partial charge in [0.05, 0.1) is 6.61 Å². The summed E-state index contributed by atoms with van der Waals surface area (Å²) in [5, 5.41) is 0. The van der Waals surface area contributed by atoms with Crippen LogP contribution in [0.15, 0.2) is 0 Å². The number of nitrogens with two attached hydrogens (primary N) is 1. The molecule has 0 aromatic heterocycles. The monoisotopic (exact) mass is 216 g/mol. The summed E-state index contributed by atoms with van der Waals surface area (Å²) in [6.45, 7) is 6.60. The van der Waals surface area contributed by atoms with Crippen LogP contribution in [0.4, 0.5) is 0 Å². The third kappa shape index (κ3) is 5.14. The van der Waals surface area contributed by atoms with Crippen LogP contribution in [0.1, 0.15) is 27.2 Å². The molecule has 0 heterocycles. The van der Waals surface area contributed by atoms with Gasteiger partial charge in [-0.1, -0.05) is 13.8 Å². The Bertz CT molecular complexity index is 195. The Labute approximate surface area is 92.8 Å². The van der Waals surface area contributed by atoms with E-state index in [1.54, 1.807) is 19.1 Å². The lowest BCUT2D eigenvalue weighted by atomic mass is 10.0. The molecule has 0 aliphatic heterocycles. The molecule has 4 heteroatoms. The van der Waals surface area contributed by atoms with Gasteiger partial charge in [0.1, 0.15) is 6.04 Å². The lowest BCUT2D eigenvalue weighted by Crippen LogP contribution is -2.47. The minimum absolute atomic E-state index is 0.0509. The van der Waals surface area contributed by atoms with Crippen molar-refractivity contribution in [1.29, 1.82) is 0 Å². The molecule has 4 nitrogen and oxygen atoms in total. The number of likely N-dealkylation sites (N-methyl/N-ethyl adjacent to an activating group) is 1. The number of methoxy groups -OCH3 is 1. The Morgan fingerprint density at radius 3 is 2.33 bits per heavy atom. The van der Waals surface area contributed by atoms with Crippen molar-refractivity contribution < 1.29 is 9.53 Å². The lowest BCUT2D eigenvalue weighted by Gasteiger charge is -2.28. The fourth-order valence-corrected chi connectivity index (χ4v) is 1.57. The highest BCUT2D eigenvalue weighted by molar-refractivity contribution is 5.81. The van der Waals surface area contributed by atoms with Crippen LogP contribution < -0.4 is 5.73 Å². The van der Waals surface area contributed by atoms with Crippen molar-refractivity contribution in [3.05, 3.63) is 0 Å². The smallest absolute Gasteiger partial charge is 0.241 e. The van der Waals surface area contributed by atoms with Gasteiger partial charge in [0.15, 0.2) is 0 Å². The molecule has 2 unspecified atom stereocenters. The number of nitrogens with zero attached hydrogens (tertiary/aromatic N) is 1. The number of ether oxygens (including phenoxy) is 1. The molecule has 0 bridgehead atoms. The molecule has 0 saturated heterocycles. The molecule has 0 saturated carbocycles. The second-order valence-electron chi connectivity index (χ2n) is 4.49. The first-order chi connectivity index (χ1) is 6.90. The first-order valence-corrected chi connectivity index (χ1v) is 5.41. The van der Waals surface area contributed by atoms with E-state index < -0.39 is 6.04 Å². The van der Waals surface area contributed by atoms with Crippen LogP contribution in [0.3, 0.4) is 0 Å².